The zero-order chi connectivity index (χ0) is 23.2. The molecule has 1 saturated heterocycles. The number of ether oxygens (including phenoxy) is 1. The molecule has 1 amide bonds. The maximum Gasteiger partial charge on any atom is 0.356 e. The number of esters is 1. The summed E-state index contributed by atoms with van der Waals surface area (Å²) in [6, 6.07) is -0.365. The van der Waals surface area contributed by atoms with Gasteiger partial charge in [-0.25, -0.2) is 9.78 Å². The van der Waals surface area contributed by atoms with Crippen LogP contribution in [0.3, 0.4) is 0 Å². The van der Waals surface area contributed by atoms with Crippen LogP contribution >= 0.6 is 23.1 Å². The Kier molecular flexibility index (Phi) is 6.60. The van der Waals surface area contributed by atoms with Crippen LogP contribution in [-0.4, -0.2) is 81.9 Å². The molecule has 0 unspecified atom stereocenters. The van der Waals surface area contributed by atoms with Crippen molar-refractivity contribution >= 4 is 40.5 Å². The van der Waals surface area contributed by atoms with Gasteiger partial charge in [0.2, 0.25) is 5.91 Å². The molecule has 8 nitrogen and oxygen atoms in total. The molecular formula is C22H27N3O5S2. The highest BCUT2D eigenvalue weighted by atomic mass is 32.2. The van der Waals surface area contributed by atoms with Crippen molar-refractivity contribution in [2.75, 3.05) is 26.8 Å². The molecule has 172 valence electrons. The molecule has 0 aromatic carbocycles. The first-order chi connectivity index (χ1) is 15.3. The summed E-state index contributed by atoms with van der Waals surface area (Å²) in [7, 11) is 1.96. The highest BCUT2D eigenvalue weighted by molar-refractivity contribution is 8.04. The fourth-order valence-corrected chi connectivity index (χ4v) is 6.73. The summed E-state index contributed by atoms with van der Waals surface area (Å²) in [4.78, 5) is 34.6. The number of hydrogen-bond donors (Lipinski definition) is 2. The van der Waals surface area contributed by atoms with Crippen molar-refractivity contribution in [3.63, 3.8) is 0 Å². The number of aliphatic hydroxyl groups is 2. The van der Waals surface area contributed by atoms with Crippen LogP contribution in [0, 0.1) is 11.8 Å². The number of amides is 1. The Morgan fingerprint density at radius 1 is 1.53 bits per heavy atom. The van der Waals surface area contributed by atoms with E-state index < -0.39 is 18.0 Å². The molecule has 0 bridgehead atoms. The monoisotopic (exact) mass is 477 g/mol. The minimum Gasteiger partial charge on any atom is -0.457 e. The lowest BCUT2D eigenvalue weighted by atomic mass is 9.79. The van der Waals surface area contributed by atoms with Crippen molar-refractivity contribution < 1.29 is 24.5 Å². The molecule has 2 N–H and O–H groups in total. The number of aromatic nitrogens is 1. The van der Waals surface area contributed by atoms with Crippen molar-refractivity contribution in [2.24, 2.45) is 11.8 Å². The number of hydrogen-bond acceptors (Lipinski definition) is 9. The maximum atomic E-state index is 12.8. The van der Waals surface area contributed by atoms with E-state index in [-0.39, 0.29) is 42.8 Å². The first kappa shape index (κ1) is 23.2. The number of carbonyl (C=O) groups excluding carboxylic acids is 2. The maximum absolute atomic E-state index is 12.8. The number of β-lactam (4-membered cyclic amide) rings is 1. The average molecular weight is 478 g/mol. The Hall–Kier alpha value is -1.98. The van der Waals surface area contributed by atoms with E-state index in [2.05, 4.69) is 17.6 Å². The number of carbonyl (C=O) groups is 2. The smallest absolute Gasteiger partial charge is 0.356 e. The van der Waals surface area contributed by atoms with E-state index in [4.69, 9.17) is 9.72 Å². The van der Waals surface area contributed by atoms with Crippen molar-refractivity contribution in [3.8, 4) is 0 Å². The number of aliphatic hydroxyl groups excluding tert-OH is 2. The van der Waals surface area contributed by atoms with E-state index in [0.29, 0.717) is 0 Å². The number of likely N-dealkylation sites (N-methyl/N-ethyl adjacent to an activating group) is 1. The minimum absolute atomic E-state index is 0.0172. The van der Waals surface area contributed by atoms with Gasteiger partial charge in [0.05, 0.1) is 36.4 Å². The molecule has 0 saturated carbocycles. The first-order valence-electron chi connectivity index (χ1n) is 10.5. The molecule has 4 heterocycles. The van der Waals surface area contributed by atoms with Crippen molar-refractivity contribution in [1.29, 1.82) is 0 Å². The predicted molar refractivity (Wildman–Crippen MR) is 123 cm³/mol. The Morgan fingerprint density at radius 3 is 2.94 bits per heavy atom. The molecule has 1 fully saturated rings. The molecule has 1 aromatic heterocycles. The second-order valence-electron chi connectivity index (χ2n) is 8.25. The van der Waals surface area contributed by atoms with Crippen LogP contribution in [0.2, 0.25) is 0 Å². The summed E-state index contributed by atoms with van der Waals surface area (Å²) in [5.74, 6) is -1.52. The van der Waals surface area contributed by atoms with E-state index in [0.717, 1.165) is 27.1 Å². The third-order valence-electron chi connectivity index (χ3n) is 6.27. The van der Waals surface area contributed by atoms with E-state index in [1.165, 1.54) is 34.1 Å². The van der Waals surface area contributed by atoms with Gasteiger partial charge in [-0.1, -0.05) is 37.4 Å². The van der Waals surface area contributed by atoms with Crippen molar-refractivity contribution in [1.82, 2.24) is 14.8 Å². The lowest BCUT2D eigenvalue weighted by Gasteiger charge is -2.46. The van der Waals surface area contributed by atoms with Crippen LogP contribution in [0.25, 0.3) is 5.57 Å². The van der Waals surface area contributed by atoms with Crippen LogP contribution in [0.1, 0.15) is 19.5 Å². The second-order valence-corrected chi connectivity index (χ2v) is 10.4. The summed E-state index contributed by atoms with van der Waals surface area (Å²) in [5, 5.41) is 21.8. The third-order valence-corrected chi connectivity index (χ3v) is 8.50. The lowest BCUT2D eigenvalue weighted by Crippen LogP contribution is -2.63. The molecule has 4 rings (SSSR count). The number of rotatable bonds is 8. The molecular weight excluding hydrogens is 450 g/mol. The molecule has 0 radical (unpaired) electrons. The van der Waals surface area contributed by atoms with Gasteiger partial charge >= 0.3 is 5.97 Å². The van der Waals surface area contributed by atoms with Crippen LogP contribution in [0.15, 0.2) is 39.1 Å². The van der Waals surface area contributed by atoms with Crippen LogP contribution < -0.4 is 0 Å². The van der Waals surface area contributed by atoms with Crippen LogP contribution in [0.5, 0.6) is 0 Å². The standard InChI is InChI=1S/C22H27N3O5S2/c1-5-8-30-21(29)18-19(11(2)17-16(12(3)27)20(28)25(17)18)32-22-23-14(10-31-22)13-6-7-24(4)15(13)9-26/h5-6,10-12,15-17,26-27H,1,7-9H2,2-4H3/t11-,12-,15-,16-,17-/m1/s1. The summed E-state index contributed by atoms with van der Waals surface area (Å²) in [5.41, 5.74) is 2.04. The SMILES string of the molecule is C=CCOC(=O)C1=C(Sc2nc(C3=CCN(C)[C@@H]3CO)cs2)[C@H](C)[C@@H]2[C@@H]([C@@H](C)O)C(=O)N12. The molecule has 0 aliphatic carbocycles. The lowest BCUT2D eigenvalue weighted by molar-refractivity contribution is -0.164. The summed E-state index contributed by atoms with van der Waals surface area (Å²) < 4.78 is 6.01. The summed E-state index contributed by atoms with van der Waals surface area (Å²) in [6.45, 7) is 7.95. The Labute approximate surface area is 195 Å². The molecule has 10 heteroatoms. The predicted octanol–water partition coefficient (Wildman–Crippen LogP) is 1.72. The molecule has 5 atom stereocenters. The molecule has 0 spiro atoms. The largest absolute Gasteiger partial charge is 0.457 e. The Morgan fingerprint density at radius 2 is 2.28 bits per heavy atom. The van der Waals surface area contributed by atoms with Gasteiger partial charge in [0.15, 0.2) is 4.34 Å². The summed E-state index contributed by atoms with van der Waals surface area (Å²) in [6.07, 6.45) is 2.75. The van der Waals surface area contributed by atoms with E-state index in [1.807, 2.05) is 19.4 Å². The van der Waals surface area contributed by atoms with Gasteiger partial charge in [-0.3, -0.25) is 9.69 Å². The molecule has 1 aromatic rings. The number of thioether (sulfide) groups is 1. The summed E-state index contributed by atoms with van der Waals surface area (Å²) >= 11 is 2.82. The quantitative estimate of drug-likeness (QED) is 0.332. The average Bonchev–Trinajstić information content (AvgIpc) is 3.42. The number of thiazole rings is 1. The van der Waals surface area contributed by atoms with Crippen LogP contribution in [0.4, 0.5) is 0 Å². The first-order valence-corrected chi connectivity index (χ1v) is 12.2. The fraction of sp³-hybridized carbons (Fsp3) is 0.500. The van der Waals surface area contributed by atoms with Gasteiger partial charge in [-0.15, -0.1) is 11.3 Å². The van der Waals surface area contributed by atoms with E-state index in [9.17, 15) is 19.8 Å². The van der Waals surface area contributed by atoms with Gasteiger partial charge in [0.1, 0.15) is 12.3 Å². The topological polar surface area (TPSA) is 103 Å². The highest BCUT2D eigenvalue weighted by Crippen LogP contribution is 2.52. The normalized spacial score (nSPS) is 28.5. The van der Waals surface area contributed by atoms with Crippen LogP contribution in [-0.2, 0) is 14.3 Å². The van der Waals surface area contributed by atoms with Gasteiger partial charge in [-0.2, -0.15) is 0 Å². The van der Waals surface area contributed by atoms with E-state index in [1.54, 1.807) is 6.92 Å². The zero-order valence-electron chi connectivity index (χ0n) is 18.2. The number of fused-ring (bicyclic) bond motifs is 1. The number of nitrogens with zero attached hydrogens (tertiary/aromatic N) is 3. The second kappa shape index (κ2) is 9.11. The van der Waals surface area contributed by atoms with Gasteiger partial charge in [0.25, 0.3) is 0 Å². The minimum atomic E-state index is -0.797. The Balaban J connectivity index is 1.63. The molecule has 3 aliphatic rings. The molecule has 3 aliphatic heterocycles. The van der Waals surface area contributed by atoms with Crippen molar-refractivity contribution in [3.05, 3.63) is 40.4 Å². The fourth-order valence-electron chi connectivity index (χ4n) is 4.64. The third kappa shape index (κ3) is 3.73. The Bertz CT molecular complexity index is 1000. The van der Waals surface area contributed by atoms with E-state index >= 15 is 0 Å². The van der Waals surface area contributed by atoms with Gasteiger partial charge < -0.3 is 19.8 Å². The molecule has 32 heavy (non-hydrogen) atoms. The van der Waals surface area contributed by atoms with Gasteiger partial charge in [-0.05, 0) is 19.5 Å². The van der Waals surface area contributed by atoms with Gasteiger partial charge in [0, 0.05) is 22.7 Å². The highest BCUT2D eigenvalue weighted by Gasteiger charge is 2.60. The van der Waals surface area contributed by atoms with Crippen molar-refractivity contribution in [2.45, 2.75) is 36.4 Å². The zero-order valence-corrected chi connectivity index (χ0v) is 19.9.